The Bertz CT molecular complexity index is 1280. The van der Waals surface area contributed by atoms with Crippen LogP contribution in [0.15, 0.2) is 48.5 Å². The van der Waals surface area contributed by atoms with E-state index in [0.717, 1.165) is 30.5 Å². The molecule has 0 bridgehead atoms. The van der Waals surface area contributed by atoms with E-state index in [1.54, 1.807) is 37.5 Å². The molecule has 3 aromatic rings. The highest BCUT2D eigenvalue weighted by Gasteiger charge is 2.27. The van der Waals surface area contributed by atoms with Crippen molar-refractivity contribution in [2.24, 2.45) is 5.73 Å². The van der Waals surface area contributed by atoms with Gasteiger partial charge in [-0.2, -0.15) is 0 Å². The molecule has 1 saturated heterocycles. The van der Waals surface area contributed by atoms with E-state index in [0.29, 0.717) is 41.9 Å². The Labute approximate surface area is 214 Å². The van der Waals surface area contributed by atoms with Gasteiger partial charge in [0.1, 0.15) is 11.6 Å². The maximum atomic E-state index is 13.7. The van der Waals surface area contributed by atoms with Crippen molar-refractivity contribution in [3.05, 3.63) is 76.9 Å². The van der Waals surface area contributed by atoms with E-state index in [1.165, 1.54) is 13.2 Å². The van der Waals surface area contributed by atoms with Gasteiger partial charge in [0, 0.05) is 35.6 Å². The van der Waals surface area contributed by atoms with Crippen LogP contribution < -0.4 is 15.8 Å². The summed E-state index contributed by atoms with van der Waals surface area (Å²) in [6.07, 6.45) is 5.36. The van der Waals surface area contributed by atoms with E-state index in [1.807, 2.05) is 6.07 Å². The fourth-order valence-corrected chi connectivity index (χ4v) is 4.54. The predicted molar refractivity (Wildman–Crippen MR) is 137 cm³/mol. The van der Waals surface area contributed by atoms with Crippen LogP contribution in [0.3, 0.4) is 0 Å². The van der Waals surface area contributed by atoms with Crippen molar-refractivity contribution in [2.75, 3.05) is 27.4 Å². The summed E-state index contributed by atoms with van der Waals surface area (Å²) in [6, 6.07) is 10.3. The second-order valence-electron chi connectivity index (χ2n) is 9.00. The first-order valence-corrected chi connectivity index (χ1v) is 12.2. The Morgan fingerprint density at radius 2 is 2.05 bits per heavy atom. The lowest BCUT2D eigenvalue weighted by Crippen LogP contribution is -2.47. The molecule has 0 spiro atoms. The second kappa shape index (κ2) is 12.2. The van der Waals surface area contributed by atoms with Gasteiger partial charge in [-0.15, -0.1) is 0 Å². The van der Waals surface area contributed by atoms with Gasteiger partial charge in [0.2, 0.25) is 5.88 Å². The lowest BCUT2D eigenvalue weighted by molar-refractivity contribution is -0.0156. The molecule has 9 heteroatoms. The van der Waals surface area contributed by atoms with Crippen LogP contribution >= 0.6 is 0 Å². The maximum absolute atomic E-state index is 13.7. The number of pyridine rings is 1. The number of esters is 1. The molecule has 3 atom stereocenters. The molecule has 1 aliphatic rings. The SMILES string of the molecule is COC(=O)c1ccc(C[C@@H](N)C2CCC(NC/C=C/c3cc(F)ccc3F)CO2)c2nc(OC)ccc12. The minimum Gasteiger partial charge on any atom is -0.481 e. The monoisotopic (exact) mass is 511 g/mol. The number of nitrogens with two attached hydrogens (primary N) is 1. The van der Waals surface area contributed by atoms with Gasteiger partial charge in [0.05, 0.1) is 38.0 Å². The van der Waals surface area contributed by atoms with Gasteiger partial charge in [-0.25, -0.2) is 18.6 Å². The fourth-order valence-electron chi connectivity index (χ4n) is 4.54. The van der Waals surface area contributed by atoms with Crippen LogP contribution in [0, 0.1) is 11.6 Å². The highest BCUT2D eigenvalue weighted by Crippen LogP contribution is 2.27. The molecule has 1 aromatic heterocycles. The lowest BCUT2D eigenvalue weighted by Gasteiger charge is -2.33. The molecule has 2 aromatic carbocycles. The molecule has 0 amide bonds. The zero-order chi connectivity index (χ0) is 26.4. The summed E-state index contributed by atoms with van der Waals surface area (Å²) in [5, 5.41) is 4.04. The normalized spacial score (nSPS) is 18.7. The molecule has 0 radical (unpaired) electrons. The average Bonchev–Trinajstić information content (AvgIpc) is 2.92. The van der Waals surface area contributed by atoms with Crippen molar-refractivity contribution in [1.29, 1.82) is 0 Å². The number of fused-ring (bicyclic) bond motifs is 1. The Morgan fingerprint density at radius 3 is 2.78 bits per heavy atom. The van der Waals surface area contributed by atoms with E-state index >= 15 is 0 Å². The number of rotatable bonds is 9. The van der Waals surface area contributed by atoms with E-state index in [9.17, 15) is 13.6 Å². The first-order chi connectivity index (χ1) is 17.9. The molecular formula is C28H31F2N3O4. The zero-order valence-corrected chi connectivity index (χ0v) is 20.9. The van der Waals surface area contributed by atoms with Crippen molar-refractivity contribution in [1.82, 2.24) is 10.3 Å². The van der Waals surface area contributed by atoms with Gasteiger partial charge in [-0.05, 0) is 55.2 Å². The summed E-state index contributed by atoms with van der Waals surface area (Å²) in [6.45, 7) is 1.00. The molecule has 0 saturated carbocycles. The number of ether oxygens (including phenoxy) is 3. The van der Waals surface area contributed by atoms with Crippen LogP contribution in [0.4, 0.5) is 8.78 Å². The number of methoxy groups -OCH3 is 2. The quantitative estimate of drug-likeness (QED) is 0.419. The number of carbonyl (C=O) groups is 1. The second-order valence-corrected chi connectivity index (χ2v) is 9.00. The van der Waals surface area contributed by atoms with E-state index in [2.05, 4.69) is 10.3 Å². The van der Waals surface area contributed by atoms with Gasteiger partial charge in [-0.3, -0.25) is 0 Å². The summed E-state index contributed by atoms with van der Waals surface area (Å²) >= 11 is 0. The van der Waals surface area contributed by atoms with Crippen molar-refractivity contribution < 1.29 is 27.8 Å². The van der Waals surface area contributed by atoms with Crippen molar-refractivity contribution in [3.63, 3.8) is 0 Å². The van der Waals surface area contributed by atoms with Gasteiger partial charge < -0.3 is 25.3 Å². The van der Waals surface area contributed by atoms with Gasteiger partial charge >= 0.3 is 5.97 Å². The number of benzene rings is 2. The number of halogens is 2. The molecule has 4 rings (SSSR count). The van der Waals surface area contributed by atoms with Crippen LogP contribution in [0.25, 0.3) is 17.0 Å². The molecule has 0 aliphatic carbocycles. The van der Waals surface area contributed by atoms with Crippen molar-refractivity contribution in [2.45, 2.75) is 37.5 Å². The summed E-state index contributed by atoms with van der Waals surface area (Å²) < 4.78 is 43.3. The van der Waals surface area contributed by atoms with Crippen LogP contribution in [0.2, 0.25) is 0 Å². The Morgan fingerprint density at radius 1 is 1.22 bits per heavy atom. The van der Waals surface area contributed by atoms with Crippen LogP contribution in [0.1, 0.15) is 34.3 Å². The molecule has 7 nitrogen and oxygen atoms in total. The number of aromatic nitrogens is 1. The highest BCUT2D eigenvalue weighted by atomic mass is 19.1. The zero-order valence-electron chi connectivity index (χ0n) is 20.9. The molecule has 1 aliphatic heterocycles. The average molecular weight is 512 g/mol. The molecule has 3 N–H and O–H groups in total. The molecule has 37 heavy (non-hydrogen) atoms. The van der Waals surface area contributed by atoms with E-state index < -0.39 is 17.6 Å². The first kappa shape index (κ1) is 26.7. The van der Waals surface area contributed by atoms with Crippen molar-refractivity contribution in [3.8, 4) is 5.88 Å². The Kier molecular flexibility index (Phi) is 8.81. The van der Waals surface area contributed by atoms with E-state index in [4.69, 9.17) is 19.9 Å². The predicted octanol–water partition coefficient (Wildman–Crippen LogP) is 4.03. The maximum Gasteiger partial charge on any atom is 0.338 e. The summed E-state index contributed by atoms with van der Waals surface area (Å²) in [4.78, 5) is 16.8. The minimum absolute atomic E-state index is 0.129. The number of hydrogen-bond donors (Lipinski definition) is 2. The van der Waals surface area contributed by atoms with E-state index in [-0.39, 0.29) is 23.8 Å². The fraction of sp³-hybridized carbons (Fsp3) is 0.357. The molecule has 196 valence electrons. The van der Waals surface area contributed by atoms with Crippen LogP contribution in [0.5, 0.6) is 5.88 Å². The summed E-state index contributed by atoms with van der Waals surface area (Å²) in [5.41, 5.74) is 8.74. The van der Waals surface area contributed by atoms with Gasteiger partial charge in [0.15, 0.2) is 0 Å². The number of hydrogen-bond acceptors (Lipinski definition) is 7. The Hall–Kier alpha value is -3.40. The largest absolute Gasteiger partial charge is 0.481 e. The van der Waals surface area contributed by atoms with Gasteiger partial charge in [0.25, 0.3) is 0 Å². The molecular weight excluding hydrogens is 480 g/mol. The third-order valence-electron chi connectivity index (χ3n) is 6.55. The minimum atomic E-state index is -0.473. The van der Waals surface area contributed by atoms with Gasteiger partial charge in [-0.1, -0.05) is 18.2 Å². The lowest BCUT2D eigenvalue weighted by atomic mass is 9.93. The number of nitrogens with one attached hydrogen (secondary N) is 1. The summed E-state index contributed by atoms with van der Waals surface area (Å²) in [5.74, 6) is -0.921. The molecule has 1 fully saturated rings. The third kappa shape index (κ3) is 6.49. The standard InChI is InChI=1S/C28H31F2N3O4/c1-35-26-12-9-21-22(28(34)36-2)8-5-18(27(21)33-26)15-24(31)25-11-7-20(16-37-25)32-13-3-4-17-14-19(29)6-10-23(17)30/h3-6,8-10,12,14,20,24-25,32H,7,11,13,15-16,31H2,1-2H3/b4-3+/t20?,24-,25?/m1/s1. The number of carbonyl (C=O) groups excluding carboxylic acids is 1. The first-order valence-electron chi connectivity index (χ1n) is 12.2. The van der Waals surface area contributed by atoms with Crippen LogP contribution in [-0.4, -0.2) is 56.5 Å². The number of nitrogens with zero attached hydrogens (tertiary/aromatic N) is 1. The summed E-state index contributed by atoms with van der Waals surface area (Å²) in [7, 11) is 2.89. The smallest absolute Gasteiger partial charge is 0.338 e. The van der Waals surface area contributed by atoms with Crippen molar-refractivity contribution >= 4 is 22.9 Å². The molecule has 2 heterocycles. The topological polar surface area (TPSA) is 95.7 Å². The molecule has 2 unspecified atom stereocenters. The third-order valence-corrected chi connectivity index (χ3v) is 6.55. The van der Waals surface area contributed by atoms with Crippen LogP contribution in [-0.2, 0) is 15.9 Å². The Balaban J connectivity index is 1.34. The highest BCUT2D eigenvalue weighted by molar-refractivity contribution is 6.04.